The number of imide groups is 1. The molecule has 6 nitrogen and oxygen atoms in total. The fraction of sp³-hybridized carbons (Fsp3) is 0.0588. The number of rotatable bonds is 4. The number of Topliss-reactive ketones (excluding diaryl/α,β-unsaturated/α-hetero) is 2. The number of nitrogens with one attached hydrogen (secondary N) is 1. The lowest BCUT2D eigenvalue weighted by Crippen LogP contribution is -2.53. The summed E-state index contributed by atoms with van der Waals surface area (Å²) < 4.78 is 4.89. The van der Waals surface area contributed by atoms with Gasteiger partial charge in [-0.15, -0.1) is 0 Å². The van der Waals surface area contributed by atoms with Gasteiger partial charge in [0.05, 0.1) is 0 Å². The third-order valence-electron chi connectivity index (χ3n) is 3.49. The van der Waals surface area contributed by atoms with E-state index in [4.69, 9.17) is 4.74 Å². The van der Waals surface area contributed by atoms with Crippen LogP contribution in [-0.4, -0.2) is 29.2 Å². The van der Waals surface area contributed by atoms with Gasteiger partial charge < -0.3 is 4.74 Å². The monoisotopic (exact) mass is 309 g/mol. The van der Waals surface area contributed by atoms with Crippen LogP contribution >= 0.6 is 0 Å². The van der Waals surface area contributed by atoms with Crippen molar-refractivity contribution in [3.63, 3.8) is 0 Å². The minimum atomic E-state index is -2.53. The predicted molar refractivity (Wildman–Crippen MR) is 78.9 cm³/mol. The third-order valence-corrected chi connectivity index (χ3v) is 3.49. The van der Waals surface area contributed by atoms with E-state index in [9.17, 15) is 19.2 Å². The van der Waals surface area contributed by atoms with Crippen molar-refractivity contribution in [2.45, 2.75) is 5.60 Å². The van der Waals surface area contributed by atoms with Crippen molar-refractivity contribution in [2.24, 2.45) is 0 Å². The highest BCUT2D eigenvalue weighted by molar-refractivity contribution is 6.38. The fourth-order valence-electron chi connectivity index (χ4n) is 2.38. The second kappa shape index (κ2) is 5.49. The van der Waals surface area contributed by atoms with Crippen LogP contribution in [0.2, 0.25) is 0 Å². The van der Waals surface area contributed by atoms with E-state index < -0.39 is 29.2 Å². The molecule has 2 aromatic rings. The molecule has 0 bridgehead atoms. The summed E-state index contributed by atoms with van der Waals surface area (Å²) in [5.41, 5.74) is -2.33. The summed E-state index contributed by atoms with van der Waals surface area (Å²) in [6, 6.07) is 15.5. The lowest BCUT2D eigenvalue weighted by molar-refractivity contribution is -0.125. The second-order valence-corrected chi connectivity index (χ2v) is 4.92. The Morgan fingerprint density at radius 3 is 1.57 bits per heavy atom. The average Bonchev–Trinajstić information content (AvgIpc) is 2.90. The van der Waals surface area contributed by atoms with Crippen LogP contribution in [0.5, 0.6) is 0 Å². The van der Waals surface area contributed by atoms with Gasteiger partial charge in [0.2, 0.25) is 11.6 Å². The molecule has 2 aromatic carbocycles. The highest BCUT2D eigenvalue weighted by atomic mass is 16.6. The lowest BCUT2D eigenvalue weighted by atomic mass is 9.85. The van der Waals surface area contributed by atoms with Gasteiger partial charge in [-0.25, -0.2) is 4.79 Å². The number of carbonyl (C=O) groups excluding carboxylic acids is 4. The quantitative estimate of drug-likeness (QED) is 0.686. The first-order valence-corrected chi connectivity index (χ1v) is 6.80. The molecule has 1 N–H and O–H groups in total. The Morgan fingerprint density at radius 1 is 0.783 bits per heavy atom. The predicted octanol–water partition coefficient (Wildman–Crippen LogP) is 1.76. The Bertz CT molecular complexity index is 747. The molecule has 1 saturated heterocycles. The first-order valence-electron chi connectivity index (χ1n) is 6.80. The molecule has 1 heterocycles. The third kappa shape index (κ3) is 2.30. The van der Waals surface area contributed by atoms with Crippen LogP contribution in [0.1, 0.15) is 20.7 Å². The highest BCUT2D eigenvalue weighted by Crippen LogP contribution is 2.27. The van der Waals surface area contributed by atoms with Crippen LogP contribution in [0.4, 0.5) is 4.79 Å². The van der Waals surface area contributed by atoms with E-state index in [0.717, 1.165) is 0 Å². The van der Waals surface area contributed by atoms with E-state index in [1.54, 1.807) is 36.4 Å². The zero-order chi connectivity index (χ0) is 16.4. The molecule has 114 valence electrons. The van der Waals surface area contributed by atoms with E-state index in [1.165, 1.54) is 24.3 Å². The van der Waals surface area contributed by atoms with E-state index in [-0.39, 0.29) is 11.1 Å². The molecule has 1 aliphatic heterocycles. The molecular formula is C17H11NO5. The van der Waals surface area contributed by atoms with Crippen LogP contribution < -0.4 is 5.32 Å². The van der Waals surface area contributed by atoms with Crippen LogP contribution in [0, 0.1) is 0 Å². The zero-order valence-corrected chi connectivity index (χ0v) is 11.8. The summed E-state index contributed by atoms with van der Waals surface area (Å²) in [7, 11) is 0. The lowest BCUT2D eigenvalue weighted by Gasteiger charge is -2.21. The smallest absolute Gasteiger partial charge is 0.415 e. The summed E-state index contributed by atoms with van der Waals surface area (Å²) in [4.78, 5) is 49.3. The minimum Gasteiger partial charge on any atom is -0.415 e. The Kier molecular flexibility index (Phi) is 3.50. The number of hydrogen-bond donors (Lipinski definition) is 1. The molecule has 0 aromatic heterocycles. The largest absolute Gasteiger partial charge is 0.415 e. The van der Waals surface area contributed by atoms with Gasteiger partial charge in [0, 0.05) is 11.1 Å². The number of ether oxygens (including phenoxy) is 1. The average molecular weight is 309 g/mol. The van der Waals surface area contributed by atoms with E-state index in [2.05, 4.69) is 0 Å². The van der Waals surface area contributed by atoms with Gasteiger partial charge >= 0.3 is 11.7 Å². The van der Waals surface area contributed by atoms with Gasteiger partial charge in [-0.1, -0.05) is 60.7 Å². The molecule has 1 fully saturated rings. The molecular weight excluding hydrogens is 298 g/mol. The first kappa shape index (κ1) is 14.6. The molecule has 0 aliphatic carbocycles. The van der Waals surface area contributed by atoms with E-state index in [1.807, 2.05) is 5.32 Å². The number of cyclic esters (lactones) is 1. The molecule has 0 spiro atoms. The van der Waals surface area contributed by atoms with Gasteiger partial charge in [0.15, 0.2) is 0 Å². The minimum absolute atomic E-state index is 0.0987. The molecule has 2 amide bonds. The van der Waals surface area contributed by atoms with Crippen molar-refractivity contribution in [3.8, 4) is 0 Å². The standard InChI is InChI=1S/C17H11NO5/c19-13(11-7-3-1-4-8-11)17(15(21)18-16(22)23-17)14(20)12-9-5-2-6-10-12/h1-10H,(H,18,21,22). The van der Waals surface area contributed by atoms with Gasteiger partial charge in [0.1, 0.15) is 0 Å². The summed E-state index contributed by atoms with van der Waals surface area (Å²) in [6.45, 7) is 0. The number of benzene rings is 2. The summed E-state index contributed by atoms with van der Waals surface area (Å²) in [5, 5.41) is 1.87. The zero-order valence-electron chi connectivity index (χ0n) is 11.8. The summed E-state index contributed by atoms with van der Waals surface area (Å²) in [5.74, 6) is -2.84. The number of carbonyl (C=O) groups is 4. The van der Waals surface area contributed by atoms with E-state index >= 15 is 0 Å². The first-order chi connectivity index (χ1) is 11.1. The molecule has 0 unspecified atom stereocenters. The summed E-state index contributed by atoms with van der Waals surface area (Å²) in [6.07, 6.45) is -1.12. The Hall–Kier alpha value is -3.28. The van der Waals surface area contributed by atoms with Crippen LogP contribution in [0.25, 0.3) is 0 Å². The number of ketones is 2. The maximum absolute atomic E-state index is 12.8. The fourth-order valence-corrected chi connectivity index (χ4v) is 2.38. The van der Waals surface area contributed by atoms with Crippen LogP contribution in [0.15, 0.2) is 60.7 Å². The molecule has 6 heteroatoms. The second-order valence-electron chi connectivity index (χ2n) is 4.92. The normalized spacial score (nSPS) is 15.7. The number of hydrogen-bond acceptors (Lipinski definition) is 5. The van der Waals surface area contributed by atoms with Crippen molar-refractivity contribution < 1.29 is 23.9 Å². The number of amides is 2. The van der Waals surface area contributed by atoms with Crippen molar-refractivity contribution >= 4 is 23.6 Å². The topological polar surface area (TPSA) is 89.5 Å². The van der Waals surface area contributed by atoms with Crippen LogP contribution in [-0.2, 0) is 9.53 Å². The Morgan fingerprint density at radius 2 is 1.22 bits per heavy atom. The van der Waals surface area contributed by atoms with Crippen molar-refractivity contribution in [2.75, 3.05) is 0 Å². The van der Waals surface area contributed by atoms with Gasteiger partial charge in [-0.3, -0.25) is 19.7 Å². The maximum atomic E-state index is 12.8. The SMILES string of the molecule is O=C1NC(=O)C(C(=O)c2ccccc2)(C(=O)c2ccccc2)O1. The maximum Gasteiger partial charge on any atom is 0.415 e. The van der Waals surface area contributed by atoms with Crippen LogP contribution in [0.3, 0.4) is 0 Å². The summed E-state index contributed by atoms with van der Waals surface area (Å²) >= 11 is 0. The van der Waals surface area contributed by atoms with E-state index in [0.29, 0.717) is 0 Å². The Balaban J connectivity index is 2.13. The van der Waals surface area contributed by atoms with Gasteiger partial charge in [0.25, 0.3) is 5.91 Å². The molecule has 0 atom stereocenters. The molecule has 3 rings (SSSR count). The van der Waals surface area contributed by atoms with Gasteiger partial charge in [-0.05, 0) is 0 Å². The molecule has 0 saturated carbocycles. The highest BCUT2D eigenvalue weighted by Gasteiger charge is 2.61. The Labute approximate surface area is 131 Å². The van der Waals surface area contributed by atoms with Crippen molar-refractivity contribution in [1.82, 2.24) is 5.32 Å². The van der Waals surface area contributed by atoms with Crippen molar-refractivity contribution in [1.29, 1.82) is 0 Å². The molecule has 0 radical (unpaired) electrons. The van der Waals surface area contributed by atoms with Crippen molar-refractivity contribution in [3.05, 3.63) is 71.8 Å². The van der Waals surface area contributed by atoms with Gasteiger partial charge in [-0.2, -0.15) is 0 Å². The molecule has 1 aliphatic rings. The number of alkyl carbamates (subject to hydrolysis) is 1. The molecule has 23 heavy (non-hydrogen) atoms.